The van der Waals surface area contributed by atoms with Gasteiger partial charge in [-0.25, -0.2) is 4.79 Å². The normalized spacial score (nSPS) is 11.5. The Morgan fingerprint density at radius 3 is 2.48 bits per heavy atom. The lowest BCUT2D eigenvalue weighted by molar-refractivity contribution is -0.122. The monoisotopic (exact) mass is 341 g/mol. The van der Waals surface area contributed by atoms with E-state index in [0.717, 1.165) is 11.1 Å². The molecule has 0 heterocycles. The number of ether oxygens (including phenoxy) is 2. The second-order valence-electron chi connectivity index (χ2n) is 5.76. The summed E-state index contributed by atoms with van der Waals surface area (Å²) in [5, 5.41) is 2.82. The standard InChI is InChI=1S/C20H23NO4/c1-5-24-20(23)16-11-10-13(2)17(12-16)21-19(22)15(4)25-18-9-7-6-8-14(18)3/h6-12,15H,5H2,1-4H3,(H,21,22)/t15-/m1/s1. The van der Waals surface area contributed by atoms with Gasteiger partial charge in [0.2, 0.25) is 0 Å². The van der Waals surface area contributed by atoms with Crippen LogP contribution in [0.4, 0.5) is 5.69 Å². The molecule has 1 atom stereocenters. The maximum Gasteiger partial charge on any atom is 0.338 e. The highest BCUT2D eigenvalue weighted by atomic mass is 16.5. The van der Waals surface area contributed by atoms with Crippen LogP contribution in [0.15, 0.2) is 42.5 Å². The van der Waals surface area contributed by atoms with Gasteiger partial charge in [0.1, 0.15) is 5.75 Å². The third-order valence-electron chi connectivity index (χ3n) is 3.77. The number of anilines is 1. The van der Waals surface area contributed by atoms with E-state index in [4.69, 9.17) is 9.47 Å². The Morgan fingerprint density at radius 2 is 1.80 bits per heavy atom. The third kappa shape index (κ3) is 4.83. The largest absolute Gasteiger partial charge is 0.481 e. The maximum absolute atomic E-state index is 12.4. The summed E-state index contributed by atoms with van der Waals surface area (Å²) in [6, 6.07) is 12.6. The molecule has 0 spiro atoms. The fourth-order valence-corrected chi connectivity index (χ4v) is 2.27. The van der Waals surface area contributed by atoms with Crippen molar-refractivity contribution in [1.29, 1.82) is 0 Å². The van der Waals surface area contributed by atoms with E-state index in [1.165, 1.54) is 0 Å². The van der Waals surface area contributed by atoms with Crippen molar-refractivity contribution in [1.82, 2.24) is 0 Å². The second-order valence-corrected chi connectivity index (χ2v) is 5.76. The molecule has 0 bridgehead atoms. The molecule has 0 radical (unpaired) electrons. The van der Waals surface area contributed by atoms with Crippen LogP contribution in [-0.2, 0) is 9.53 Å². The van der Waals surface area contributed by atoms with Crippen molar-refractivity contribution < 1.29 is 19.1 Å². The van der Waals surface area contributed by atoms with E-state index in [0.29, 0.717) is 23.6 Å². The Bertz CT molecular complexity index is 770. The lowest BCUT2D eigenvalue weighted by Crippen LogP contribution is -2.30. The lowest BCUT2D eigenvalue weighted by atomic mass is 10.1. The van der Waals surface area contributed by atoms with Crippen molar-refractivity contribution in [3.63, 3.8) is 0 Å². The molecule has 2 aromatic carbocycles. The second kappa shape index (κ2) is 8.33. The number of benzene rings is 2. The van der Waals surface area contributed by atoms with Crippen LogP contribution in [0.2, 0.25) is 0 Å². The molecule has 25 heavy (non-hydrogen) atoms. The Balaban J connectivity index is 2.10. The van der Waals surface area contributed by atoms with E-state index in [1.807, 2.05) is 38.1 Å². The molecule has 0 aromatic heterocycles. The van der Waals surface area contributed by atoms with Crippen molar-refractivity contribution >= 4 is 17.6 Å². The van der Waals surface area contributed by atoms with Gasteiger partial charge in [0.15, 0.2) is 6.10 Å². The minimum atomic E-state index is -0.674. The number of carbonyl (C=O) groups is 2. The van der Waals surface area contributed by atoms with E-state index >= 15 is 0 Å². The Kier molecular flexibility index (Phi) is 6.17. The number of nitrogens with one attached hydrogen (secondary N) is 1. The number of carbonyl (C=O) groups excluding carboxylic acids is 2. The van der Waals surface area contributed by atoms with Crippen molar-refractivity contribution in [2.45, 2.75) is 33.8 Å². The highest BCUT2D eigenvalue weighted by Crippen LogP contribution is 2.20. The van der Waals surface area contributed by atoms with Crippen molar-refractivity contribution in [2.24, 2.45) is 0 Å². The fraction of sp³-hybridized carbons (Fsp3) is 0.300. The van der Waals surface area contributed by atoms with Crippen LogP contribution in [0.3, 0.4) is 0 Å². The summed E-state index contributed by atoms with van der Waals surface area (Å²) >= 11 is 0. The highest BCUT2D eigenvalue weighted by molar-refractivity contribution is 5.97. The van der Waals surface area contributed by atoms with Crippen molar-refractivity contribution in [3.8, 4) is 5.75 Å². The van der Waals surface area contributed by atoms with Crippen LogP contribution in [0.1, 0.15) is 35.3 Å². The molecule has 2 aromatic rings. The van der Waals surface area contributed by atoms with E-state index in [1.54, 1.807) is 32.0 Å². The van der Waals surface area contributed by atoms with Crippen LogP contribution < -0.4 is 10.1 Å². The summed E-state index contributed by atoms with van der Waals surface area (Å²) < 4.78 is 10.7. The van der Waals surface area contributed by atoms with E-state index < -0.39 is 12.1 Å². The molecule has 0 aliphatic carbocycles. The minimum absolute atomic E-state index is 0.285. The number of rotatable bonds is 6. The predicted octanol–water partition coefficient (Wildman–Crippen LogP) is 3.89. The zero-order valence-electron chi connectivity index (χ0n) is 15.0. The van der Waals surface area contributed by atoms with Gasteiger partial charge in [-0.1, -0.05) is 24.3 Å². The fourth-order valence-electron chi connectivity index (χ4n) is 2.27. The molecular formula is C20H23NO4. The van der Waals surface area contributed by atoms with Gasteiger partial charge in [0, 0.05) is 5.69 Å². The first-order valence-corrected chi connectivity index (χ1v) is 8.23. The average molecular weight is 341 g/mol. The molecule has 1 N–H and O–H groups in total. The molecule has 0 fully saturated rings. The number of hydrogen-bond donors (Lipinski definition) is 1. The van der Waals surface area contributed by atoms with Gasteiger partial charge in [0.25, 0.3) is 5.91 Å². The molecule has 0 unspecified atom stereocenters. The number of para-hydroxylation sites is 1. The summed E-state index contributed by atoms with van der Waals surface area (Å²) in [5.74, 6) is -0.0308. The molecule has 5 heteroatoms. The average Bonchev–Trinajstić information content (AvgIpc) is 2.59. The zero-order valence-corrected chi connectivity index (χ0v) is 15.0. The molecule has 1 amide bonds. The summed E-state index contributed by atoms with van der Waals surface area (Å²) in [4.78, 5) is 24.3. The molecule has 0 saturated heterocycles. The molecular weight excluding hydrogens is 318 g/mol. The first-order chi connectivity index (χ1) is 11.9. The van der Waals surface area contributed by atoms with Gasteiger partial charge in [-0.15, -0.1) is 0 Å². The maximum atomic E-state index is 12.4. The van der Waals surface area contributed by atoms with Crippen LogP contribution in [0.5, 0.6) is 5.75 Å². The van der Waals surface area contributed by atoms with Gasteiger partial charge in [-0.3, -0.25) is 4.79 Å². The van der Waals surface area contributed by atoms with Gasteiger partial charge < -0.3 is 14.8 Å². The summed E-state index contributed by atoms with van der Waals surface area (Å²) in [5.41, 5.74) is 2.78. The van der Waals surface area contributed by atoms with Gasteiger partial charge >= 0.3 is 5.97 Å². The van der Waals surface area contributed by atoms with Crippen LogP contribution in [-0.4, -0.2) is 24.6 Å². The van der Waals surface area contributed by atoms with Gasteiger partial charge in [-0.05, 0) is 57.0 Å². The van der Waals surface area contributed by atoms with Crippen LogP contribution >= 0.6 is 0 Å². The topological polar surface area (TPSA) is 64.6 Å². The van der Waals surface area contributed by atoms with Crippen LogP contribution in [0.25, 0.3) is 0 Å². The van der Waals surface area contributed by atoms with Gasteiger partial charge in [-0.2, -0.15) is 0 Å². The number of hydrogen-bond acceptors (Lipinski definition) is 4. The van der Waals surface area contributed by atoms with Crippen LogP contribution in [0, 0.1) is 13.8 Å². The summed E-state index contributed by atoms with van der Waals surface area (Å²) in [7, 11) is 0. The van der Waals surface area contributed by atoms with Crippen molar-refractivity contribution in [3.05, 3.63) is 59.2 Å². The molecule has 0 aliphatic rings. The molecule has 0 saturated carbocycles. The Labute approximate surface area is 148 Å². The summed E-state index contributed by atoms with van der Waals surface area (Å²) in [6.07, 6.45) is -0.674. The van der Waals surface area contributed by atoms with E-state index in [2.05, 4.69) is 5.32 Å². The Morgan fingerprint density at radius 1 is 1.08 bits per heavy atom. The van der Waals surface area contributed by atoms with Crippen molar-refractivity contribution in [2.75, 3.05) is 11.9 Å². The SMILES string of the molecule is CCOC(=O)c1ccc(C)c(NC(=O)[C@@H](C)Oc2ccccc2C)c1. The number of aryl methyl sites for hydroxylation is 2. The third-order valence-corrected chi connectivity index (χ3v) is 3.77. The summed E-state index contributed by atoms with van der Waals surface area (Å²) in [6.45, 7) is 7.52. The Hall–Kier alpha value is -2.82. The molecule has 5 nitrogen and oxygen atoms in total. The molecule has 2 rings (SSSR count). The smallest absolute Gasteiger partial charge is 0.338 e. The lowest BCUT2D eigenvalue weighted by Gasteiger charge is -2.17. The van der Waals surface area contributed by atoms with Gasteiger partial charge in [0.05, 0.1) is 12.2 Å². The quantitative estimate of drug-likeness (QED) is 0.810. The predicted molar refractivity (Wildman–Crippen MR) is 97.0 cm³/mol. The minimum Gasteiger partial charge on any atom is -0.481 e. The number of esters is 1. The number of amides is 1. The first kappa shape index (κ1) is 18.5. The highest BCUT2D eigenvalue weighted by Gasteiger charge is 2.17. The zero-order chi connectivity index (χ0) is 18.4. The van der Waals surface area contributed by atoms with E-state index in [9.17, 15) is 9.59 Å². The molecule has 132 valence electrons. The molecule has 0 aliphatic heterocycles. The van der Waals surface area contributed by atoms with E-state index in [-0.39, 0.29) is 5.91 Å². The first-order valence-electron chi connectivity index (χ1n) is 8.23.